The number of hydrogen-bond acceptors (Lipinski definition) is 3. The van der Waals surface area contributed by atoms with Crippen LogP contribution in [0.1, 0.15) is 23.7 Å². The van der Waals surface area contributed by atoms with Crippen molar-refractivity contribution in [2.24, 2.45) is 12.2 Å². The Morgan fingerprint density at radius 3 is 3.06 bits per heavy atom. The summed E-state index contributed by atoms with van der Waals surface area (Å²) in [7, 11) is 1.95. The average molecular weight is 216 g/mol. The summed E-state index contributed by atoms with van der Waals surface area (Å²) in [5.41, 5.74) is 3.23. The molecule has 0 spiro atoms. The lowest BCUT2D eigenvalue weighted by atomic mass is 10.1. The molecule has 0 bridgehead atoms. The number of phenols is 1. The second-order valence-electron chi connectivity index (χ2n) is 4.28. The number of aromatic hydroxyl groups is 1. The third-order valence-electron chi connectivity index (χ3n) is 3.45. The molecule has 0 radical (unpaired) electrons. The van der Waals surface area contributed by atoms with Crippen molar-refractivity contribution in [1.82, 2.24) is 4.57 Å². The number of fused-ring (bicyclic) bond motifs is 3. The van der Waals surface area contributed by atoms with Crippen LogP contribution in [-0.4, -0.2) is 9.67 Å². The van der Waals surface area contributed by atoms with E-state index in [9.17, 15) is 10.0 Å². The molecule has 1 N–H and O–H groups in total. The molecule has 1 aliphatic rings. The van der Waals surface area contributed by atoms with Crippen molar-refractivity contribution in [1.29, 1.82) is 0 Å². The van der Waals surface area contributed by atoms with Gasteiger partial charge in [-0.2, -0.15) is 4.91 Å². The second-order valence-corrected chi connectivity index (χ2v) is 4.28. The molecule has 1 heterocycles. The van der Waals surface area contributed by atoms with Gasteiger partial charge in [-0.15, -0.1) is 0 Å². The van der Waals surface area contributed by atoms with Crippen molar-refractivity contribution in [3.63, 3.8) is 0 Å². The summed E-state index contributed by atoms with van der Waals surface area (Å²) in [5.74, 6) is 0.267. The highest BCUT2D eigenvalue weighted by atomic mass is 16.3. The summed E-state index contributed by atoms with van der Waals surface area (Å²) in [6.45, 7) is 0. The maximum Gasteiger partial charge on any atom is 0.132 e. The fourth-order valence-electron chi connectivity index (χ4n) is 2.74. The Bertz CT molecular complexity index is 586. The lowest BCUT2D eigenvalue weighted by Gasteiger charge is -2.05. The Hall–Kier alpha value is -1.84. The highest BCUT2D eigenvalue weighted by Crippen LogP contribution is 2.40. The van der Waals surface area contributed by atoms with Gasteiger partial charge in [0.15, 0.2) is 0 Å². The Balaban J connectivity index is 2.38. The van der Waals surface area contributed by atoms with Gasteiger partial charge in [-0.05, 0) is 36.6 Å². The number of rotatable bonds is 1. The van der Waals surface area contributed by atoms with E-state index in [-0.39, 0.29) is 11.8 Å². The van der Waals surface area contributed by atoms with Gasteiger partial charge in [0.1, 0.15) is 11.8 Å². The molecule has 1 aromatic heterocycles. The van der Waals surface area contributed by atoms with Gasteiger partial charge in [0.05, 0.1) is 5.69 Å². The van der Waals surface area contributed by atoms with Crippen LogP contribution in [0.5, 0.6) is 5.75 Å². The fraction of sp³-hybridized carbons (Fsp3) is 0.333. The van der Waals surface area contributed by atoms with Crippen molar-refractivity contribution < 1.29 is 5.11 Å². The first-order chi connectivity index (χ1) is 7.72. The first-order valence-corrected chi connectivity index (χ1v) is 5.35. The lowest BCUT2D eigenvalue weighted by molar-refractivity contribution is 0.476. The van der Waals surface area contributed by atoms with E-state index in [1.807, 2.05) is 17.7 Å². The van der Waals surface area contributed by atoms with Gasteiger partial charge in [-0.25, -0.2) is 0 Å². The van der Waals surface area contributed by atoms with Gasteiger partial charge in [-0.3, -0.25) is 0 Å². The molecular weight excluding hydrogens is 204 g/mol. The molecule has 3 rings (SSSR count). The van der Waals surface area contributed by atoms with Crippen LogP contribution in [0.25, 0.3) is 10.9 Å². The highest BCUT2D eigenvalue weighted by molar-refractivity contribution is 5.87. The number of nitroso groups, excluding NO2 is 1. The first-order valence-electron chi connectivity index (χ1n) is 5.35. The van der Waals surface area contributed by atoms with Crippen molar-refractivity contribution in [2.45, 2.75) is 18.9 Å². The molecule has 0 saturated carbocycles. The zero-order chi connectivity index (χ0) is 11.3. The third kappa shape index (κ3) is 1.04. The number of aryl methyl sites for hydroxylation is 2. The molecule has 4 nitrogen and oxygen atoms in total. The molecule has 1 unspecified atom stereocenters. The molecule has 4 heteroatoms. The van der Waals surface area contributed by atoms with Crippen LogP contribution in [0, 0.1) is 4.91 Å². The first kappa shape index (κ1) is 9.39. The van der Waals surface area contributed by atoms with Gasteiger partial charge >= 0.3 is 0 Å². The van der Waals surface area contributed by atoms with E-state index in [2.05, 4.69) is 5.18 Å². The number of aromatic nitrogens is 1. The predicted octanol–water partition coefficient (Wildman–Crippen LogP) is 2.64. The average Bonchev–Trinajstić information content (AvgIpc) is 2.80. The van der Waals surface area contributed by atoms with Crippen molar-refractivity contribution >= 4 is 10.9 Å². The van der Waals surface area contributed by atoms with Crippen LogP contribution in [0.15, 0.2) is 23.4 Å². The normalized spacial score (nSPS) is 18.9. The quantitative estimate of drug-likeness (QED) is 0.745. The largest absolute Gasteiger partial charge is 0.508 e. The third-order valence-corrected chi connectivity index (χ3v) is 3.45. The summed E-state index contributed by atoms with van der Waals surface area (Å²) >= 11 is 0. The highest BCUT2D eigenvalue weighted by Gasteiger charge is 2.29. The van der Waals surface area contributed by atoms with E-state index < -0.39 is 0 Å². The maximum absolute atomic E-state index is 10.8. The van der Waals surface area contributed by atoms with Crippen LogP contribution in [-0.2, 0) is 13.5 Å². The lowest BCUT2D eigenvalue weighted by Crippen LogP contribution is -1.98. The van der Waals surface area contributed by atoms with E-state index in [4.69, 9.17) is 0 Å². The summed E-state index contributed by atoms with van der Waals surface area (Å²) in [6.07, 6.45) is 1.65. The van der Waals surface area contributed by atoms with Crippen LogP contribution < -0.4 is 0 Å². The summed E-state index contributed by atoms with van der Waals surface area (Å²) in [4.78, 5) is 10.8. The summed E-state index contributed by atoms with van der Waals surface area (Å²) in [6, 6.07) is 5.09. The van der Waals surface area contributed by atoms with Gasteiger partial charge in [0.25, 0.3) is 0 Å². The zero-order valence-corrected chi connectivity index (χ0v) is 8.97. The van der Waals surface area contributed by atoms with Crippen LogP contribution >= 0.6 is 0 Å². The minimum atomic E-state index is -0.227. The SMILES string of the molecule is Cn1c2c(c3cc(O)ccc31)CCC2N=O. The minimum absolute atomic E-state index is 0.227. The van der Waals surface area contributed by atoms with Crippen LogP contribution in [0.2, 0.25) is 0 Å². The van der Waals surface area contributed by atoms with E-state index in [1.165, 1.54) is 0 Å². The smallest absolute Gasteiger partial charge is 0.132 e. The van der Waals surface area contributed by atoms with E-state index in [0.29, 0.717) is 0 Å². The number of hydrogen-bond donors (Lipinski definition) is 1. The van der Waals surface area contributed by atoms with Gasteiger partial charge in [-0.1, -0.05) is 5.18 Å². The molecule has 0 fully saturated rings. The number of phenolic OH excluding ortho intramolecular Hbond substituents is 1. The summed E-state index contributed by atoms with van der Waals surface area (Å²) in [5, 5.41) is 13.7. The van der Waals surface area contributed by atoms with Crippen LogP contribution in [0.4, 0.5) is 0 Å². The molecule has 1 aliphatic carbocycles. The number of benzene rings is 1. The Morgan fingerprint density at radius 1 is 1.50 bits per heavy atom. The molecular formula is C12H12N2O2. The zero-order valence-electron chi connectivity index (χ0n) is 8.97. The Labute approximate surface area is 92.5 Å². The van der Waals surface area contributed by atoms with Crippen molar-refractivity contribution in [2.75, 3.05) is 0 Å². The topological polar surface area (TPSA) is 54.6 Å². The fourth-order valence-corrected chi connectivity index (χ4v) is 2.74. The van der Waals surface area contributed by atoms with E-state index >= 15 is 0 Å². The molecule has 0 saturated heterocycles. The van der Waals surface area contributed by atoms with Crippen molar-refractivity contribution in [3.8, 4) is 5.75 Å². The molecule has 0 aliphatic heterocycles. The molecule has 1 aromatic carbocycles. The molecule has 2 aromatic rings. The molecule has 1 atom stereocenters. The van der Waals surface area contributed by atoms with Gasteiger partial charge in [0.2, 0.25) is 0 Å². The maximum atomic E-state index is 10.8. The van der Waals surface area contributed by atoms with Gasteiger partial charge < -0.3 is 9.67 Å². The Morgan fingerprint density at radius 2 is 2.31 bits per heavy atom. The van der Waals surface area contributed by atoms with Gasteiger partial charge in [0, 0.05) is 18.0 Å². The molecule has 16 heavy (non-hydrogen) atoms. The van der Waals surface area contributed by atoms with Crippen LogP contribution in [0.3, 0.4) is 0 Å². The standard InChI is InChI=1S/C12H12N2O2/c1-14-11-5-2-7(15)6-9(11)8-3-4-10(13-16)12(8)14/h2,5-6,10,15H,3-4H2,1H3. The van der Waals surface area contributed by atoms with E-state index in [0.717, 1.165) is 35.0 Å². The molecule has 0 amide bonds. The number of nitrogens with zero attached hydrogens (tertiary/aromatic N) is 2. The van der Waals surface area contributed by atoms with Crippen molar-refractivity contribution in [3.05, 3.63) is 34.4 Å². The minimum Gasteiger partial charge on any atom is -0.508 e. The Kier molecular flexibility index (Phi) is 1.80. The molecule has 82 valence electrons. The monoisotopic (exact) mass is 216 g/mol. The van der Waals surface area contributed by atoms with E-state index in [1.54, 1.807) is 12.1 Å². The predicted molar refractivity (Wildman–Crippen MR) is 61.4 cm³/mol. The second kappa shape index (κ2) is 3.07. The summed E-state index contributed by atoms with van der Waals surface area (Å²) < 4.78 is 2.02.